The summed E-state index contributed by atoms with van der Waals surface area (Å²) >= 11 is 5.29. The highest BCUT2D eigenvalue weighted by Crippen LogP contribution is 2.30. The molecule has 0 aromatic carbocycles. The molecule has 1 fully saturated rings. The molecular weight excluding hydrogens is 262 g/mol. The van der Waals surface area contributed by atoms with Gasteiger partial charge in [-0.2, -0.15) is 11.8 Å². The fourth-order valence-corrected chi connectivity index (χ4v) is 3.32. The van der Waals surface area contributed by atoms with Crippen molar-refractivity contribution in [2.75, 3.05) is 0 Å². The molecule has 1 saturated carbocycles. The molecule has 0 aliphatic heterocycles. The average molecular weight is 276 g/mol. The van der Waals surface area contributed by atoms with Gasteiger partial charge in [-0.1, -0.05) is 24.4 Å². The SMILES string of the molecule is Brc1cc(CSC2CCCCC2)on1. The van der Waals surface area contributed by atoms with Crippen LogP contribution in [0.3, 0.4) is 0 Å². The van der Waals surface area contributed by atoms with Crippen molar-refractivity contribution in [3.8, 4) is 0 Å². The second kappa shape index (κ2) is 5.21. The third-order valence-corrected chi connectivity index (χ3v) is 4.31. The Bertz CT molecular complexity index is 283. The van der Waals surface area contributed by atoms with Gasteiger partial charge in [0.25, 0.3) is 0 Å². The van der Waals surface area contributed by atoms with Gasteiger partial charge in [0.15, 0.2) is 0 Å². The van der Waals surface area contributed by atoms with Gasteiger partial charge >= 0.3 is 0 Å². The van der Waals surface area contributed by atoms with E-state index in [0.717, 1.165) is 21.4 Å². The Kier molecular flexibility index (Phi) is 3.93. The van der Waals surface area contributed by atoms with Crippen LogP contribution in [0.2, 0.25) is 0 Å². The van der Waals surface area contributed by atoms with E-state index in [9.17, 15) is 0 Å². The van der Waals surface area contributed by atoms with Gasteiger partial charge in [-0.25, -0.2) is 0 Å². The summed E-state index contributed by atoms with van der Waals surface area (Å²) in [4.78, 5) is 0. The predicted molar refractivity (Wildman–Crippen MR) is 62.4 cm³/mol. The zero-order valence-corrected chi connectivity index (χ0v) is 10.4. The summed E-state index contributed by atoms with van der Waals surface area (Å²) in [7, 11) is 0. The molecule has 78 valence electrons. The third-order valence-electron chi connectivity index (χ3n) is 2.54. The molecule has 0 saturated heterocycles. The Morgan fingerprint density at radius 3 is 2.86 bits per heavy atom. The topological polar surface area (TPSA) is 26.0 Å². The molecule has 1 aliphatic carbocycles. The highest BCUT2D eigenvalue weighted by atomic mass is 79.9. The Balaban J connectivity index is 1.76. The summed E-state index contributed by atoms with van der Waals surface area (Å²) in [5.41, 5.74) is 0. The lowest BCUT2D eigenvalue weighted by atomic mass is 10.0. The Hall–Kier alpha value is 0.0400. The number of rotatable bonds is 3. The van der Waals surface area contributed by atoms with Gasteiger partial charge in [-0.15, -0.1) is 0 Å². The van der Waals surface area contributed by atoms with Gasteiger partial charge in [0, 0.05) is 11.3 Å². The zero-order valence-electron chi connectivity index (χ0n) is 8.04. The molecule has 0 atom stereocenters. The molecule has 0 N–H and O–H groups in total. The lowest BCUT2D eigenvalue weighted by molar-refractivity contribution is 0.391. The Morgan fingerprint density at radius 2 is 2.21 bits per heavy atom. The van der Waals surface area contributed by atoms with Crippen LogP contribution in [0, 0.1) is 0 Å². The minimum atomic E-state index is 0.803. The molecule has 1 aromatic heterocycles. The molecule has 2 nitrogen and oxygen atoms in total. The van der Waals surface area contributed by atoms with Crippen molar-refractivity contribution in [1.29, 1.82) is 0 Å². The van der Waals surface area contributed by atoms with Crippen molar-refractivity contribution in [1.82, 2.24) is 5.16 Å². The van der Waals surface area contributed by atoms with E-state index in [2.05, 4.69) is 21.1 Å². The second-order valence-corrected chi connectivity index (χ2v) is 5.79. The number of aromatic nitrogens is 1. The van der Waals surface area contributed by atoms with Crippen LogP contribution < -0.4 is 0 Å². The third kappa shape index (κ3) is 3.02. The maximum Gasteiger partial charge on any atom is 0.149 e. The molecule has 0 unspecified atom stereocenters. The van der Waals surface area contributed by atoms with Crippen LogP contribution in [0.25, 0.3) is 0 Å². The first-order chi connectivity index (χ1) is 6.84. The fraction of sp³-hybridized carbons (Fsp3) is 0.700. The van der Waals surface area contributed by atoms with E-state index in [-0.39, 0.29) is 0 Å². The Morgan fingerprint density at radius 1 is 1.43 bits per heavy atom. The normalized spacial score (nSPS) is 18.6. The molecule has 1 heterocycles. The molecule has 1 aromatic rings. The van der Waals surface area contributed by atoms with Crippen LogP contribution in [-0.4, -0.2) is 10.4 Å². The summed E-state index contributed by atoms with van der Waals surface area (Å²) in [6.07, 6.45) is 6.97. The van der Waals surface area contributed by atoms with Gasteiger partial charge in [0.05, 0.1) is 5.75 Å². The summed E-state index contributed by atoms with van der Waals surface area (Å²) < 4.78 is 5.94. The number of hydrogen-bond acceptors (Lipinski definition) is 3. The van der Waals surface area contributed by atoms with Gasteiger partial charge in [0.1, 0.15) is 10.4 Å². The molecule has 0 bridgehead atoms. The molecule has 0 spiro atoms. The van der Waals surface area contributed by atoms with Crippen LogP contribution in [0.1, 0.15) is 37.9 Å². The highest BCUT2D eigenvalue weighted by molar-refractivity contribution is 9.10. The van der Waals surface area contributed by atoms with Crippen LogP contribution in [0.4, 0.5) is 0 Å². The van der Waals surface area contributed by atoms with E-state index < -0.39 is 0 Å². The number of thioether (sulfide) groups is 1. The maximum absolute atomic E-state index is 5.14. The summed E-state index contributed by atoms with van der Waals surface area (Å²) in [6, 6.07) is 1.95. The minimum Gasteiger partial charge on any atom is -0.359 e. The lowest BCUT2D eigenvalue weighted by Crippen LogP contribution is -2.07. The molecule has 0 amide bonds. The van der Waals surface area contributed by atoms with Crippen molar-refractivity contribution >= 4 is 27.7 Å². The largest absolute Gasteiger partial charge is 0.359 e. The van der Waals surface area contributed by atoms with E-state index >= 15 is 0 Å². The van der Waals surface area contributed by atoms with E-state index in [4.69, 9.17) is 4.52 Å². The van der Waals surface area contributed by atoms with E-state index in [1.807, 2.05) is 17.8 Å². The van der Waals surface area contributed by atoms with E-state index in [1.54, 1.807) is 0 Å². The lowest BCUT2D eigenvalue weighted by Gasteiger charge is -2.20. The average Bonchev–Trinajstić information content (AvgIpc) is 2.63. The van der Waals surface area contributed by atoms with Crippen LogP contribution in [-0.2, 0) is 5.75 Å². The number of hydrogen-bond donors (Lipinski definition) is 0. The van der Waals surface area contributed by atoms with Crippen molar-refractivity contribution in [3.63, 3.8) is 0 Å². The molecule has 0 radical (unpaired) electrons. The first-order valence-electron chi connectivity index (χ1n) is 5.07. The zero-order chi connectivity index (χ0) is 9.80. The maximum atomic E-state index is 5.14. The van der Waals surface area contributed by atoms with Crippen molar-refractivity contribution < 1.29 is 4.52 Å². The summed E-state index contributed by atoms with van der Waals surface area (Å²) in [6.45, 7) is 0. The fourth-order valence-electron chi connectivity index (χ4n) is 1.79. The van der Waals surface area contributed by atoms with Crippen LogP contribution in [0.5, 0.6) is 0 Å². The van der Waals surface area contributed by atoms with Gasteiger partial charge in [-0.3, -0.25) is 0 Å². The number of nitrogens with zero attached hydrogens (tertiary/aromatic N) is 1. The van der Waals surface area contributed by atoms with E-state index in [0.29, 0.717) is 0 Å². The molecule has 1 aliphatic rings. The first kappa shape index (κ1) is 10.6. The monoisotopic (exact) mass is 275 g/mol. The van der Waals surface area contributed by atoms with Crippen LogP contribution in [0.15, 0.2) is 15.2 Å². The quantitative estimate of drug-likeness (QED) is 0.834. The molecule has 14 heavy (non-hydrogen) atoms. The summed E-state index contributed by atoms with van der Waals surface area (Å²) in [5.74, 6) is 1.94. The second-order valence-electron chi connectivity index (χ2n) is 3.69. The minimum absolute atomic E-state index is 0.803. The highest BCUT2D eigenvalue weighted by Gasteiger charge is 2.14. The van der Waals surface area contributed by atoms with E-state index in [1.165, 1.54) is 32.1 Å². The molecular formula is C10H14BrNOS. The van der Waals surface area contributed by atoms with Crippen molar-refractivity contribution in [2.45, 2.75) is 43.1 Å². The smallest absolute Gasteiger partial charge is 0.149 e. The van der Waals surface area contributed by atoms with Crippen molar-refractivity contribution in [2.24, 2.45) is 0 Å². The first-order valence-corrected chi connectivity index (χ1v) is 6.91. The standard InChI is InChI=1S/C10H14BrNOS/c11-10-6-8(13-12-10)7-14-9-4-2-1-3-5-9/h6,9H,1-5,7H2. The summed E-state index contributed by atoms with van der Waals surface area (Å²) in [5, 5.41) is 4.65. The number of halogens is 1. The molecule has 4 heteroatoms. The van der Waals surface area contributed by atoms with Gasteiger partial charge < -0.3 is 4.52 Å². The van der Waals surface area contributed by atoms with Crippen LogP contribution >= 0.6 is 27.7 Å². The van der Waals surface area contributed by atoms with Gasteiger partial charge in [-0.05, 0) is 28.8 Å². The molecule has 2 rings (SSSR count). The van der Waals surface area contributed by atoms with Gasteiger partial charge in [0.2, 0.25) is 0 Å². The van der Waals surface area contributed by atoms with Crippen molar-refractivity contribution in [3.05, 3.63) is 16.4 Å². The Labute approximate surface area is 96.9 Å². The predicted octanol–water partition coefficient (Wildman–Crippen LogP) is 4.00.